The Balaban J connectivity index is 1.46. The number of benzene rings is 2. The molecule has 0 radical (unpaired) electrons. The summed E-state index contributed by atoms with van der Waals surface area (Å²) in [7, 11) is -0.867. The molecule has 4 atom stereocenters. The van der Waals surface area contributed by atoms with Crippen LogP contribution in [0.4, 0.5) is 0 Å². The summed E-state index contributed by atoms with van der Waals surface area (Å²) in [6, 6.07) is 21.8. The highest BCUT2D eigenvalue weighted by Gasteiger charge is 2.50. The van der Waals surface area contributed by atoms with Gasteiger partial charge in [-0.3, -0.25) is 0 Å². The van der Waals surface area contributed by atoms with E-state index in [-0.39, 0.29) is 11.1 Å². The molecule has 0 amide bonds. The van der Waals surface area contributed by atoms with Crippen molar-refractivity contribution in [2.45, 2.75) is 97.8 Å². The molecule has 252 valence electrons. The fourth-order valence-electron chi connectivity index (χ4n) is 6.35. The van der Waals surface area contributed by atoms with E-state index in [1.807, 2.05) is 0 Å². The van der Waals surface area contributed by atoms with Crippen LogP contribution in [0.25, 0.3) is 0 Å². The molecule has 2 aromatic rings. The van der Waals surface area contributed by atoms with E-state index >= 15 is 0 Å². The Labute approximate surface area is 281 Å². The highest BCUT2D eigenvalue weighted by atomic mass is 28.4. The Morgan fingerprint density at radius 3 is 2.20 bits per heavy atom. The number of unbranched alkanes of at least 4 members (excludes halogenated alkanes) is 1. The zero-order chi connectivity index (χ0) is 33.6. The Morgan fingerprint density at radius 1 is 0.978 bits per heavy atom. The molecule has 0 unspecified atom stereocenters. The molecule has 1 fully saturated rings. The number of methoxy groups -OCH3 is 1. The molecule has 0 spiro atoms. The molecule has 0 bridgehead atoms. The molecule has 3 rings (SSSR count). The molecule has 46 heavy (non-hydrogen) atoms. The van der Waals surface area contributed by atoms with E-state index in [0.717, 1.165) is 38.7 Å². The van der Waals surface area contributed by atoms with Gasteiger partial charge in [0.1, 0.15) is 12.9 Å². The first kappa shape index (κ1) is 37.9. The summed E-state index contributed by atoms with van der Waals surface area (Å²) < 4.78 is 23.4. The van der Waals surface area contributed by atoms with Gasteiger partial charge in [-0.05, 0) is 73.2 Å². The second-order valence-corrected chi connectivity index (χ2v) is 18.5. The highest BCUT2D eigenvalue weighted by molar-refractivity contribution is 6.99. The third-order valence-electron chi connectivity index (χ3n) is 9.05. The van der Waals surface area contributed by atoms with Gasteiger partial charge in [-0.1, -0.05) is 143 Å². The smallest absolute Gasteiger partial charge is 0.261 e. The summed E-state index contributed by atoms with van der Waals surface area (Å²) in [6.45, 7) is 22.1. The van der Waals surface area contributed by atoms with Crippen LogP contribution >= 0.6 is 0 Å². The van der Waals surface area contributed by atoms with Crippen LogP contribution in [0.1, 0.15) is 80.6 Å². The number of ether oxygens (including phenoxy) is 3. The highest BCUT2D eigenvalue weighted by Crippen LogP contribution is 2.37. The fraction of sp³-hybridized carbons (Fsp3) is 0.512. The summed E-state index contributed by atoms with van der Waals surface area (Å²) >= 11 is 0. The minimum atomic E-state index is -2.51. The van der Waals surface area contributed by atoms with E-state index in [1.54, 1.807) is 7.11 Å². The van der Waals surface area contributed by atoms with Crippen LogP contribution in [-0.4, -0.2) is 47.6 Å². The van der Waals surface area contributed by atoms with Crippen molar-refractivity contribution < 1.29 is 18.6 Å². The predicted octanol–water partition coefficient (Wildman–Crippen LogP) is 9.18. The van der Waals surface area contributed by atoms with Crippen molar-refractivity contribution in [1.82, 2.24) is 0 Å². The zero-order valence-electron chi connectivity index (χ0n) is 29.9. The van der Waals surface area contributed by atoms with E-state index in [4.69, 9.17) is 18.6 Å². The van der Waals surface area contributed by atoms with Crippen molar-refractivity contribution in [2.24, 2.45) is 11.8 Å². The van der Waals surface area contributed by atoms with Crippen molar-refractivity contribution in [3.8, 4) is 0 Å². The molecule has 1 aliphatic rings. The second kappa shape index (κ2) is 18.7. The molecule has 4 nitrogen and oxygen atoms in total. The number of hydrogen-bond donors (Lipinski definition) is 0. The van der Waals surface area contributed by atoms with E-state index in [9.17, 15) is 0 Å². The number of allylic oxidation sites excluding steroid dienone is 5. The van der Waals surface area contributed by atoms with Gasteiger partial charge in [0.05, 0.1) is 12.7 Å². The van der Waals surface area contributed by atoms with Crippen molar-refractivity contribution in [3.05, 3.63) is 108 Å². The van der Waals surface area contributed by atoms with Crippen LogP contribution in [0.5, 0.6) is 0 Å². The van der Waals surface area contributed by atoms with Gasteiger partial charge in [-0.2, -0.15) is 0 Å². The van der Waals surface area contributed by atoms with E-state index in [0.29, 0.717) is 31.3 Å². The first-order valence-corrected chi connectivity index (χ1v) is 19.0. The monoisotopic (exact) mass is 644 g/mol. The number of epoxide rings is 1. The SMILES string of the molecule is C=C(/C=C(\C)[C@@H](C)CCO[Si](c1ccccc1)(c1ccccc1)C(C)(C)C)C[C@@H](C)C[C@@H]1O[C@H]1/C=C/CC/C=C(\C)COCOC. The van der Waals surface area contributed by atoms with Crippen molar-refractivity contribution in [3.63, 3.8) is 0 Å². The fourth-order valence-corrected chi connectivity index (χ4v) is 10.9. The summed E-state index contributed by atoms with van der Waals surface area (Å²) in [5.74, 6) is 0.953. The molecule has 1 heterocycles. The lowest BCUT2D eigenvalue weighted by molar-refractivity contribution is -0.0211. The standard InChI is InChI=1S/C41H60O4Si/c1-32(30-43-31-42-9)19-13-10-18-24-39-40(45-39)29-34(3)27-33(2)28-36(5)35(4)25-26-44-46(41(6,7)8,37-20-14-11-15-21-37)38-22-16-12-17-23-38/h11-12,14-24,28,34-35,39-40H,2,10,13,25-27,29-31H2,1,3-9H3/b24-18+,32-19+,36-28+/t34-,35+,39+,40+/m1/s1. The zero-order valence-corrected chi connectivity index (χ0v) is 30.9. The average molecular weight is 645 g/mol. The van der Waals surface area contributed by atoms with Crippen LogP contribution in [0, 0.1) is 11.8 Å². The molecule has 2 aromatic carbocycles. The van der Waals surface area contributed by atoms with Gasteiger partial charge in [-0.15, -0.1) is 0 Å². The molecule has 0 saturated carbocycles. The predicted molar refractivity (Wildman–Crippen MR) is 197 cm³/mol. The van der Waals surface area contributed by atoms with Gasteiger partial charge >= 0.3 is 0 Å². The molecule has 1 saturated heterocycles. The largest absolute Gasteiger partial charge is 0.407 e. The maximum absolute atomic E-state index is 7.15. The average Bonchev–Trinajstić information content (AvgIpc) is 3.76. The maximum atomic E-state index is 7.15. The minimum Gasteiger partial charge on any atom is -0.407 e. The molecular formula is C41H60O4Si. The van der Waals surface area contributed by atoms with Crippen LogP contribution in [0.3, 0.4) is 0 Å². The van der Waals surface area contributed by atoms with Crippen LogP contribution in [0.2, 0.25) is 5.04 Å². The van der Waals surface area contributed by atoms with Crippen LogP contribution in [0.15, 0.2) is 108 Å². The Morgan fingerprint density at radius 2 is 1.61 bits per heavy atom. The van der Waals surface area contributed by atoms with Crippen molar-refractivity contribution in [1.29, 1.82) is 0 Å². The van der Waals surface area contributed by atoms with Gasteiger partial charge in [0.2, 0.25) is 0 Å². The quantitative estimate of drug-likeness (QED) is 0.0360. The van der Waals surface area contributed by atoms with E-state index in [1.165, 1.54) is 27.1 Å². The van der Waals surface area contributed by atoms with E-state index in [2.05, 4.69) is 140 Å². The first-order chi connectivity index (χ1) is 22.0. The Bertz CT molecular complexity index is 1240. The first-order valence-electron chi connectivity index (χ1n) is 17.1. The third kappa shape index (κ3) is 11.6. The topological polar surface area (TPSA) is 40.2 Å². The normalized spacial score (nSPS) is 19.0. The lowest BCUT2D eigenvalue weighted by Crippen LogP contribution is -2.66. The second-order valence-electron chi connectivity index (χ2n) is 14.2. The Kier molecular flexibility index (Phi) is 15.4. The van der Waals surface area contributed by atoms with Gasteiger partial charge < -0.3 is 18.6 Å². The molecule has 1 aliphatic heterocycles. The van der Waals surface area contributed by atoms with Crippen molar-refractivity contribution in [2.75, 3.05) is 27.1 Å². The summed E-state index contributed by atoms with van der Waals surface area (Å²) in [5.41, 5.74) is 3.82. The Hall–Kier alpha value is -2.54. The third-order valence-corrected chi connectivity index (χ3v) is 14.1. The van der Waals surface area contributed by atoms with Crippen molar-refractivity contribution >= 4 is 18.7 Å². The molecule has 0 N–H and O–H groups in total. The summed E-state index contributed by atoms with van der Waals surface area (Å²) in [5, 5.41) is 2.66. The summed E-state index contributed by atoms with van der Waals surface area (Å²) in [4.78, 5) is 0. The van der Waals surface area contributed by atoms with Crippen LogP contribution < -0.4 is 10.4 Å². The lowest BCUT2D eigenvalue weighted by Gasteiger charge is -2.43. The van der Waals surface area contributed by atoms with Crippen LogP contribution in [-0.2, 0) is 18.6 Å². The van der Waals surface area contributed by atoms with Gasteiger partial charge in [0.15, 0.2) is 0 Å². The minimum absolute atomic E-state index is 0.00925. The molecule has 5 heteroatoms. The van der Waals surface area contributed by atoms with E-state index < -0.39 is 8.32 Å². The molecular weight excluding hydrogens is 585 g/mol. The summed E-state index contributed by atoms with van der Waals surface area (Å²) in [6.07, 6.45) is 14.7. The number of hydrogen-bond acceptors (Lipinski definition) is 4. The molecule has 0 aromatic heterocycles. The van der Waals surface area contributed by atoms with Gasteiger partial charge in [-0.25, -0.2) is 0 Å². The lowest BCUT2D eigenvalue weighted by atomic mass is 9.92. The molecule has 0 aliphatic carbocycles. The maximum Gasteiger partial charge on any atom is 0.261 e. The van der Waals surface area contributed by atoms with Gasteiger partial charge in [0, 0.05) is 13.7 Å². The number of rotatable bonds is 20. The van der Waals surface area contributed by atoms with Gasteiger partial charge in [0.25, 0.3) is 8.32 Å².